The maximum atomic E-state index is 3.34. The minimum absolute atomic E-state index is 0.489. The normalized spacial score (nSPS) is 33.6. The van der Waals surface area contributed by atoms with E-state index in [0.29, 0.717) is 21.7 Å². The molecule has 0 heterocycles. The summed E-state index contributed by atoms with van der Waals surface area (Å²) in [6.07, 6.45) is 15.1. The van der Waals surface area contributed by atoms with Gasteiger partial charge in [-0.3, -0.25) is 0 Å². The molecule has 0 amide bonds. The first kappa shape index (κ1) is 22.1. The third-order valence-electron chi connectivity index (χ3n) is 9.77. The van der Waals surface area contributed by atoms with E-state index in [0.717, 1.165) is 25.7 Å². The van der Waals surface area contributed by atoms with Gasteiger partial charge in [-0.2, -0.15) is 0 Å². The standard InChI is InChI=1S/C34H38/c1-3-5-7-9-19-31-21-33(22-31,23-31)29-15-11-27(12-16-29)28-13-17-30(18-14-28)34-24-32(25-34,26-34)20-10-8-6-4-2/h11-18H,3-4,9-10,19-26H2,1-2H3. The van der Waals surface area contributed by atoms with Crippen LogP contribution >= 0.6 is 0 Å². The second-order valence-electron chi connectivity index (χ2n) is 12.2. The Morgan fingerprint density at radius 3 is 1.21 bits per heavy atom. The highest BCUT2D eigenvalue weighted by Crippen LogP contribution is 2.76. The Bertz CT molecular complexity index is 1050. The zero-order valence-corrected chi connectivity index (χ0v) is 21.1. The van der Waals surface area contributed by atoms with E-state index in [2.05, 4.69) is 86.1 Å². The molecule has 6 aliphatic carbocycles. The summed E-state index contributed by atoms with van der Waals surface area (Å²) in [5.41, 5.74) is 8.07. The van der Waals surface area contributed by atoms with E-state index in [9.17, 15) is 0 Å². The first-order valence-electron chi connectivity index (χ1n) is 13.7. The summed E-state index contributed by atoms with van der Waals surface area (Å²) in [6, 6.07) is 19.1. The van der Waals surface area contributed by atoms with Crippen LogP contribution in [0.3, 0.4) is 0 Å². The van der Waals surface area contributed by atoms with Crippen molar-refractivity contribution in [2.45, 2.75) is 102 Å². The fraction of sp³-hybridized carbons (Fsp3) is 0.529. The second kappa shape index (κ2) is 8.06. The first-order chi connectivity index (χ1) is 16.5. The molecule has 6 saturated carbocycles. The molecular weight excluding hydrogens is 408 g/mol. The van der Waals surface area contributed by atoms with Crippen LogP contribution < -0.4 is 0 Å². The lowest BCUT2D eigenvalue weighted by Crippen LogP contribution is -2.64. The fourth-order valence-corrected chi connectivity index (χ4v) is 8.25. The van der Waals surface area contributed by atoms with E-state index in [1.165, 1.54) is 62.5 Å². The van der Waals surface area contributed by atoms with Gasteiger partial charge < -0.3 is 0 Å². The van der Waals surface area contributed by atoms with Crippen LogP contribution in [0.15, 0.2) is 48.5 Å². The largest absolute Gasteiger partial charge is 0.104 e. The van der Waals surface area contributed by atoms with Crippen molar-refractivity contribution < 1.29 is 0 Å². The van der Waals surface area contributed by atoms with E-state index in [-0.39, 0.29) is 0 Å². The van der Waals surface area contributed by atoms with Gasteiger partial charge in [-0.25, -0.2) is 0 Å². The monoisotopic (exact) mass is 446 g/mol. The summed E-state index contributed by atoms with van der Waals surface area (Å²) in [4.78, 5) is 0. The number of hydrogen-bond acceptors (Lipinski definition) is 0. The molecule has 0 aliphatic heterocycles. The average Bonchev–Trinajstić information content (AvgIpc) is 2.75. The molecule has 0 radical (unpaired) electrons. The van der Waals surface area contributed by atoms with Crippen molar-refractivity contribution in [3.63, 3.8) is 0 Å². The third-order valence-corrected chi connectivity index (χ3v) is 9.77. The van der Waals surface area contributed by atoms with Crippen LogP contribution in [-0.4, -0.2) is 0 Å². The van der Waals surface area contributed by atoms with Crippen LogP contribution in [0.4, 0.5) is 0 Å². The molecule has 34 heavy (non-hydrogen) atoms. The SMILES string of the molecule is CCC#CCCC12CC(c3ccc(-c4ccc(C56CC(CCC#CCC)(C5)C6)cc4)cc3)(C1)C2. The van der Waals surface area contributed by atoms with E-state index >= 15 is 0 Å². The average molecular weight is 447 g/mol. The molecule has 4 bridgehead atoms. The zero-order chi connectivity index (χ0) is 23.3. The summed E-state index contributed by atoms with van der Waals surface area (Å²) in [5.74, 6) is 13.1. The highest BCUT2D eigenvalue weighted by atomic mass is 14.7. The highest BCUT2D eigenvalue weighted by molar-refractivity contribution is 5.65. The lowest BCUT2D eigenvalue weighted by atomic mass is 9.32. The number of rotatable bonds is 7. The van der Waals surface area contributed by atoms with Gasteiger partial charge in [0.1, 0.15) is 0 Å². The first-order valence-corrected chi connectivity index (χ1v) is 13.7. The molecule has 0 N–H and O–H groups in total. The van der Waals surface area contributed by atoms with Gasteiger partial charge in [0.2, 0.25) is 0 Å². The Hall–Kier alpha value is -2.44. The van der Waals surface area contributed by atoms with Crippen LogP contribution in [0.25, 0.3) is 11.1 Å². The maximum absolute atomic E-state index is 3.34. The minimum atomic E-state index is 0.489. The van der Waals surface area contributed by atoms with Crippen molar-refractivity contribution in [3.05, 3.63) is 59.7 Å². The summed E-state index contributed by atoms with van der Waals surface area (Å²) < 4.78 is 0. The van der Waals surface area contributed by atoms with Gasteiger partial charge in [0.05, 0.1) is 0 Å². The summed E-state index contributed by atoms with van der Waals surface area (Å²) in [7, 11) is 0. The van der Waals surface area contributed by atoms with Crippen LogP contribution in [0, 0.1) is 34.5 Å². The van der Waals surface area contributed by atoms with Crippen LogP contribution in [0.5, 0.6) is 0 Å². The molecular formula is C34H38. The minimum Gasteiger partial charge on any atom is -0.104 e. The smallest absolute Gasteiger partial charge is 0.00939 e. The second-order valence-corrected chi connectivity index (χ2v) is 12.2. The van der Waals surface area contributed by atoms with Crippen molar-refractivity contribution in [1.82, 2.24) is 0 Å². The van der Waals surface area contributed by atoms with Gasteiger partial charge in [0.25, 0.3) is 0 Å². The van der Waals surface area contributed by atoms with E-state index in [1.807, 2.05) is 0 Å². The molecule has 2 aromatic rings. The van der Waals surface area contributed by atoms with Crippen molar-refractivity contribution in [2.24, 2.45) is 10.8 Å². The topological polar surface area (TPSA) is 0 Å². The van der Waals surface area contributed by atoms with E-state index in [4.69, 9.17) is 0 Å². The molecule has 0 saturated heterocycles. The Labute approximate surface area is 206 Å². The van der Waals surface area contributed by atoms with Gasteiger partial charge in [-0.1, -0.05) is 62.4 Å². The van der Waals surface area contributed by atoms with Crippen LogP contribution in [0.1, 0.15) is 102 Å². The lowest BCUT2D eigenvalue weighted by Gasteiger charge is -2.71. The molecule has 0 nitrogen and oxygen atoms in total. The molecule has 6 fully saturated rings. The van der Waals surface area contributed by atoms with Gasteiger partial charge in [0.15, 0.2) is 0 Å². The Kier molecular flexibility index (Phi) is 5.23. The molecule has 2 aromatic carbocycles. The molecule has 0 heteroatoms. The van der Waals surface area contributed by atoms with Crippen molar-refractivity contribution >= 4 is 0 Å². The lowest BCUT2D eigenvalue weighted by molar-refractivity contribution is -0.145. The van der Waals surface area contributed by atoms with Crippen molar-refractivity contribution in [3.8, 4) is 34.8 Å². The van der Waals surface area contributed by atoms with Crippen LogP contribution in [0.2, 0.25) is 0 Å². The van der Waals surface area contributed by atoms with Gasteiger partial charge in [-0.15, -0.1) is 23.7 Å². The van der Waals surface area contributed by atoms with Gasteiger partial charge >= 0.3 is 0 Å². The van der Waals surface area contributed by atoms with Gasteiger partial charge in [0, 0.05) is 25.7 Å². The Morgan fingerprint density at radius 1 is 0.529 bits per heavy atom. The fourth-order valence-electron chi connectivity index (χ4n) is 8.25. The van der Waals surface area contributed by atoms with E-state index in [1.54, 1.807) is 11.1 Å². The van der Waals surface area contributed by atoms with Crippen molar-refractivity contribution in [1.29, 1.82) is 0 Å². The molecule has 6 aliphatic rings. The van der Waals surface area contributed by atoms with Crippen molar-refractivity contribution in [2.75, 3.05) is 0 Å². The molecule has 0 spiro atoms. The predicted octanol–water partition coefficient (Wildman–Crippen LogP) is 8.58. The van der Waals surface area contributed by atoms with Crippen LogP contribution in [-0.2, 0) is 10.8 Å². The third kappa shape index (κ3) is 3.45. The summed E-state index contributed by atoms with van der Waals surface area (Å²) >= 11 is 0. The Balaban J connectivity index is 1.03. The predicted molar refractivity (Wildman–Crippen MR) is 142 cm³/mol. The molecule has 0 atom stereocenters. The molecule has 8 rings (SSSR count). The quantitative estimate of drug-likeness (QED) is 0.374. The Morgan fingerprint density at radius 2 is 0.882 bits per heavy atom. The van der Waals surface area contributed by atoms with Gasteiger partial charge in [-0.05, 0) is 95.3 Å². The summed E-state index contributed by atoms with van der Waals surface area (Å²) in [6.45, 7) is 4.28. The number of benzene rings is 2. The molecule has 0 unspecified atom stereocenters. The highest BCUT2D eigenvalue weighted by Gasteiger charge is 2.68. The molecule has 174 valence electrons. The molecule has 0 aromatic heterocycles. The number of hydrogen-bond donors (Lipinski definition) is 0. The zero-order valence-electron chi connectivity index (χ0n) is 21.1. The van der Waals surface area contributed by atoms with E-state index < -0.39 is 0 Å². The maximum Gasteiger partial charge on any atom is 0.00939 e. The summed E-state index contributed by atoms with van der Waals surface area (Å²) in [5, 5.41) is 0.